The SMILES string of the molecule is CC1CCCC(OCc2cc(F)cc(CN)c2)C1. The van der Waals surface area contributed by atoms with Gasteiger partial charge in [0, 0.05) is 6.54 Å². The van der Waals surface area contributed by atoms with Crippen molar-refractivity contribution in [2.24, 2.45) is 11.7 Å². The van der Waals surface area contributed by atoms with E-state index in [0.29, 0.717) is 19.3 Å². The van der Waals surface area contributed by atoms with Crippen LogP contribution < -0.4 is 5.73 Å². The highest BCUT2D eigenvalue weighted by Gasteiger charge is 2.19. The second kappa shape index (κ2) is 6.30. The molecule has 3 heteroatoms. The zero-order valence-electron chi connectivity index (χ0n) is 11.0. The number of ether oxygens (including phenoxy) is 1. The van der Waals surface area contributed by atoms with Gasteiger partial charge in [-0.25, -0.2) is 4.39 Å². The predicted molar refractivity (Wildman–Crippen MR) is 70.5 cm³/mol. The summed E-state index contributed by atoms with van der Waals surface area (Å²) < 4.78 is 19.2. The van der Waals surface area contributed by atoms with Crippen molar-refractivity contribution in [3.05, 3.63) is 35.1 Å². The van der Waals surface area contributed by atoms with Gasteiger partial charge in [-0.05, 0) is 42.0 Å². The van der Waals surface area contributed by atoms with E-state index in [2.05, 4.69) is 6.92 Å². The largest absolute Gasteiger partial charge is 0.374 e. The Bertz CT molecular complexity index is 394. The quantitative estimate of drug-likeness (QED) is 0.890. The molecule has 0 aromatic heterocycles. The summed E-state index contributed by atoms with van der Waals surface area (Å²) in [6, 6.07) is 4.94. The summed E-state index contributed by atoms with van der Waals surface area (Å²) in [4.78, 5) is 0. The Labute approximate surface area is 108 Å². The normalized spacial score (nSPS) is 24.2. The lowest BCUT2D eigenvalue weighted by molar-refractivity contribution is 0.00455. The van der Waals surface area contributed by atoms with E-state index >= 15 is 0 Å². The maximum atomic E-state index is 13.3. The van der Waals surface area contributed by atoms with Gasteiger partial charge in [0.1, 0.15) is 5.82 Å². The molecular weight excluding hydrogens is 229 g/mol. The van der Waals surface area contributed by atoms with Gasteiger partial charge < -0.3 is 10.5 Å². The molecule has 0 saturated heterocycles. The van der Waals surface area contributed by atoms with Crippen LogP contribution in [0.5, 0.6) is 0 Å². The van der Waals surface area contributed by atoms with Crippen LogP contribution in [0.15, 0.2) is 18.2 Å². The minimum Gasteiger partial charge on any atom is -0.374 e. The number of nitrogens with two attached hydrogens (primary N) is 1. The van der Waals surface area contributed by atoms with Gasteiger partial charge in [-0.1, -0.05) is 25.8 Å². The minimum absolute atomic E-state index is 0.228. The van der Waals surface area contributed by atoms with Gasteiger partial charge in [-0.2, -0.15) is 0 Å². The van der Waals surface area contributed by atoms with E-state index < -0.39 is 0 Å². The molecule has 0 heterocycles. The van der Waals surface area contributed by atoms with E-state index in [1.165, 1.54) is 25.0 Å². The van der Waals surface area contributed by atoms with Crippen LogP contribution in [0.3, 0.4) is 0 Å². The van der Waals surface area contributed by atoms with E-state index in [1.54, 1.807) is 0 Å². The lowest BCUT2D eigenvalue weighted by atomic mass is 9.89. The average molecular weight is 251 g/mol. The van der Waals surface area contributed by atoms with Crippen molar-refractivity contribution in [2.75, 3.05) is 0 Å². The molecule has 1 aromatic rings. The Morgan fingerprint density at radius 1 is 1.28 bits per heavy atom. The highest BCUT2D eigenvalue weighted by atomic mass is 19.1. The van der Waals surface area contributed by atoms with Gasteiger partial charge >= 0.3 is 0 Å². The van der Waals surface area contributed by atoms with Crippen LogP contribution in [0.2, 0.25) is 0 Å². The summed E-state index contributed by atoms with van der Waals surface area (Å²) in [5.41, 5.74) is 7.24. The summed E-state index contributed by atoms with van der Waals surface area (Å²) in [5.74, 6) is 0.518. The number of rotatable bonds is 4. The van der Waals surface area contributed by atoms with E-state index in [0.717, 1.165) is 29.9 Å². The Balaban J connectivity index is 1.91. The van der Waals surface area contributed by atoms with E-state index in [-0.39, 0.29) is 5.82 Å². The lowest BCUT2D eigenvalue weighted by Gasteiger charge is -2.26. The molecule has 2 atom stereocenters. The summed E-state index contributed by atoms with van der Waals surface area (Å²) in [5, 5.41) is 0. The molecule has 2 rings (SSSR count). The zero-order chi connectivity index (χ0) is 13.0. The molecule has 1 aromatic carbocycles. The topological polar surface area (TPSA) is 35.2 Å². The van der Waals surface area contributed by atoms with Crippen molar-refractivity contribution >= 4 is 0 Å². The second-order valence-electron chi connectivity index (χ2n) is 5.38. The van der Waals surface area contributed by atoms with Crippen molar-refractivity contribution in [3.63, 3.8) is 0 Å². The van der Waals surface area contributed by atoms with Gasteiger partial charge in [-0.3, -0.25) is 0 Å². The van der Waals surface area contributed by atoms with Crippen LogP contribution >= 0.6 is 0 Å². The minimum atomic E-state index is -0.228. The van der Waals surface area contributed by atoms with Crippen molar-refractivity contribution in [1.29, 1.82) is 0 Å². The fraction of sp³-hybridized carbons (Fsp3) is 0.600. The van der Waals surface area contributed by atoms with E-state index in [4.69, 9.17) is 10.5 Å². The third-order valence-electron chi connectivity index (χ3n) is 3.63. The van der Waals surface area contributed by atoms with Crippen LogP contribution in [0.1, 0.15) is 43.7 Å². The Morgan fingerprint density at radius 2 is 2.06 bits per heavy atom. The third-order valence-corrected chi connectivity index (χ3v) is 3.63. The monoisotopic (exact) mass is 251 g/mol. The molecule has 0 spiro atoms. The Hall–Kier alpha value is -0.930. The molecule has 1 fully saturated rings. The first kappa shape index (κ1) is 13.5. The number of hydrogen-bond acceptors (Lipinski definition) is 2. The first-order valence-electron chi connectivity index (χ1n) is 6.77. The predicted octanol–water partition coefficient (Wildman–Crippen LogP) is 3.38. The number of hydrogen-bond donors (Lipinski definition) is 1. The summed E-state index contributed by atoms with van der Waals surface area (Å²) in [6.45, 7) is 3.12. The van der Waals surface area contributed by atoms with Crippen LogP contribution in [-0.4, -0.2) is 6.10 Å². The standard InChI is InChI=1S/C15H22FNO/c1-11-3-2-4-15(5-11)18-10-13-6-12(9-17)7-14(16)8-13/h6-8,11,15H,2-5,9-10,17H2,1H3. The molecule has 0 amide bonds. The molecule has 0 radical (unpaired) electrons. The lowest BCUT2D eigenvalue weighted by Crippen LogP contribution is -2.21. The van der Waals surface area contributed by atoms with Crippen LogP contribution in [0.4, 0.5) is 4.39 Å². The molecule has 1 aliphatic rings. The van der Waals surface area contributed by atoms with Crippen LogP contribution in [-0.2, 0) is 17.9 Å². The molecular formula is C15H22FNO. The van der Waals surface area contributed by atoms with Gasteiger partial charge in [0.25, 0.3) is 0 Å². The molecule has 1 saturated carbocycles. The average Bonchev–Trinajstić information content (AvgIpc) is 2.36. The molecule has 0 bridgehead atoms. The van der Waals surface area contributed by atoms with Crippen molar-refractivity contribution in [3.8, 4) is 0 Å². The summed E-state index contributed by atoms with van der Waals surface area (Å²) in [7, 11) is 0. The van der Waals surface area contributed by atoms with E-state index in [9.17, 15) is 4.39 Å². The highest BCUT2D eigenvalue weighted by molar-refractivity contribution is 5.24. The Morgan fingerprint density at radius 3 is 2.78 bits per heavy atom. The fourth-order valence-electron chi connectivity index (χ4n) is 2.66. The zero-order valence-corrected chi connectivity index (χ0v) is 11.0. The smallest absolute Gasteiger partial charge is 0.123 e. The van der Waals surface area contributed by atoms with Crippen LogP contribution in [0, 0.1) is 11.7 Å². The summed E-state index contributed by atoms with van der Waals surface area (Å²) in [6.07, 6.45) is 5.13. The Kier molecular flexibility index (Phi) is 4.72. The summed E-state index contributed by atoms with van der Waals surface area (Å²) >= 11 is 0. The molecule has 1 aliphatic carbocycles. The van der Waals surface area contributed by atoms with Crippen molar-refractivity contribution < 1.29 is 9.13 Å². The molecule has 2 unspecified atom stereocenters. The van der Waals surface area contributed by atoms with Gasteiger partial charge in [0.15, 0.2) is 0 Å². The molecule has 18 heavy (non-hydrogen) atoms. The highest BCUT2D eigenvalue weighted by Crippen LogP contribution is 2.26. The van der Waals surface area contributed by atoms with Crippen LogP contribution in [0.25, 0.3) is 0 Å². The van der Waals surface area contributed by atoms with E-state index in [1.807, 2.05) is 6.07 Å². The number of benzene rings is 1. The van der Waals surface area contributed by atoms with Gasteiger partial charge in [0.05, 0.1) is 12.7 Å². The fourth-order valence-corrected chi connectivity index (χ4v) is 2.66. The second-order valence-corrected chi connectivity index (χ2v) is 5.38. The maximum Gasteiger partial charge on any atom is 0.123 e. The van der Waals surface area contributed by atoms with Crippen molar-refractivity contribution in [2.45, 2.75) is 51.9 Å². The molecule has 100 valence electrons. The first-order chi connectivity index (χ1) is 8.67. The maximum absolute atomic E-state index is 13.3. The van der Waals surface area contributed by atoms with Gasteiger partial charge in [0.2, 0.25) is 0 Å². The number of halogens is 1. The third kappa shape index (κ3) is 3.79. The van der Waals surface area contributed by atoms with Gasteiger partial charge in [-0.15, -0.1) is 0 Å². The van der Waals surface area contributed by atoms with Crippen molar-refractivity contribution in [1.82, 2.24) is 0 Å². The molecule has 0 aliphatic heterocycles. The first-order valence-corrected chi connectivity index (χ1v) is 6.77. The molecule has 2 N–H and O–H groups in total. The molecule has 2 nitrogen and oxygen atoms in total.